The van der Waals surface area contributed by atoms with Crippen LogP contribution in [0.1, 0.15) is 26.5 Å². The second-order valence-corrected chi connectivity index (χ2v) is 9.42. The van der Waals surface area contributed by atoms with E-state index in [0.717, 1.165) is 47.3 Å². The molecule has 5 rings (SSSR count). The van der Waals surface area contributed by atoms with Gasteiger partial charge in [-0.2, -0.15) is 5.10 Å². The van der Waals surface area contributed by atoms with E-state index < -0.39 is 0 Å². The monoisotopic (exact) mass is 460 g/mol. The highest BCUT2D eigenvalue weighted by Crippen LogP contribution is 2.40. The van der Waals surface area contributed by atoms with E-state index in [0.29, 0.717) is 11.3 Å². The maximum Gasteiger partial charge on any atom is 0.261 e. The summed E-state index contributed by atoms with van der Waals surface area (Å²) in [6, 6.07) is 18.3. The number of hydrogen-bond donors (Lipinski definition) is 2. The van der Waals surface area contributed by atoms with Crippen LogP contribution in [-0.2, 0) is 19.4 Å². The Kier molecular flexibility index (Phi) is 6.07. The first-order chi connectivity index (χ1) is 16.1. The highest BCUT2D eigenvalue weighted by atomic mass is 32.1. The van der Waals surface area contributed by atoms with Crippen molar-refractivity contribution in [3.8, 4) is 22.4 Å². The molecule has 7 heteroatoms. The van der Waals surface area contributed by atoms with Gasteiger partial charge in [-0.1, -0.05) is 42.5 Å². The third kappa shape index (κ3) is 4.47. The topological polar surface area (TPSA) is 72.9 Å². The molecule has 0 saturated heterocycles. The van der Waals surface area contributed by atoms with Crippen molar-refractivity contribution in [1.29, 1.82) is 0 Å². The average molecular weight is 461 g/mol. The predicted molar refractivity (Wildman–Crippen MR) is 130 cm³/mol. The number of benzene rings is 2. The molecular weight excluding hydrogens is 435 g/mol. The number of nitrogens with one attached hydrogen (secondary N) is 1. The number of halogens is 1. The molecule has 1 unspecified atom stereocenters. The van der Waals surface area contributed by atoms with Crippen LogP contribution in [0.15, 0.2) is 66.9 Å². The molecule has 0 aliphatic carbocycles. The lowest BCUT2D eigenvalue weighted by molar-refractivity contribution is 0.0942. The molecule has 3 N–H and O–H groups in total. The zero-order valence-corrected chi connectivity index (χ0v) is 18.9. The third-order valence-electron chi connectivity index (χ3n) is 5.98. The Hall–Kier alpha value is -3.29. The Bertz CT molecular complexity index is 1280. The van der Waals surface area contributed by atoms with E-state index in [1.165, 1.54) is 28.3 Å². The van der Waals surface area contributed by atoms with E-state index in [9.17, 15) is 9.18 Å². The van der Waals surface area contributed by atoms with Crippen molar-refractivity contribution in [2.75, 3.05) is 6.54 Å². The molecule has 2 aromatic heterocycles. The molecule has 5 nitrogen and oxygen atoms in total. The van der Waals surface area contributed by atoms with Crippen molar-refractivity contribution in [2.45, 2.75) is 31.8 Å². The molecule has 0 fully saturated rings. The zero-order chi connectivity index (χ0) is 22.8. The number of fused-ring (bicyclic) bond motifs is 3. The molecule has 0 radical (unpaired) electrons. The lowest BCUT2D eigenvalue weighted by Crippen LogP contribution is -2.41. The van der Waals surface area contributed by atoms with Gasteiger partial charge in [0.15, 0.2) is 0 Å². The van der Waals surface area contributed by atoms with Crippen LogP contribution in [0.25, 0.3) is 22.4 Å². The van der Waals surface area contributed by atoms with Gasteiger partial charge in [-0.05, 0) is 48.6 Å². The van der Waals surface area contributed by atoms with Crippen LogP contribution in [0.4, 0.5) is 4.39 Å². The molecule has 1 atom stereocenters. The van der Waals surface area contributed by atoms with Crippen LogP contribution in [0.3, 0.4) is 0 Å². The van der Waals surface area contributed by atoms with E-state index in [1.807, 2.05) is 36.5 Å². The molecule has 4 aromatic rings. The minimum Gasteiger partial charge on any atom is -0.347 e. The van der Waals surface area contributed by atoms with Gasteiger partial charge >= 0.3 is 0 Å². The lowest BCUT2D eigenvalue weighted by atomic mass is 10.0. The molecule has 33 heavy (non-hydrogen) atoms. The highest BCUT2D eigenvalue weighted by Gasteiger charge is 2.25. The Balaban J connectivity index is 1.42. The van der Waals surface area contributed by atoms with Gasteiger partial charge < -0.3 is 11.1 Å². The van der Waals surface area contributed by atoms with Gasteiger partial charge in [-0.25, -0.2) is 4.39 Å². The highest BCUT2D eigenvalue weighted by molar-refractivity contribution is 7.14. The lowest BCUT2D eigenvalue weighted by Gasteiger charge is -2.16. The molecule has 0 spiro atoms. The van der Waals surface area contributed by atoms with Crippen molar-refractivity contribution in [3.63, 3.8) is 0 Å². The number of nitrogens with two attached hydrogens (primary N) is 1. The number of carbonyl (C=O) groups is 1. The predicted octanol–water partition coefficient (Wildman–Crippen LogP) is 4.66. The Morgan fingerprint density at radius 1 is 1.15 bits per heavy atom. The van der Waals surface area contributed by atoms with Gasteiger partial charge in [-0.3, -0.25) is 9.48 Å². The maximum atomic E-state index is 13.5. The number of rotatable bonds is 6. The first kappa shape index (κ1) is 21.6. The largest absolute Gasteiger partial charge is 0.347 e. The standard InChI is InChI=1S/C26H25FN4OS/c27-19-9-4-6-17(12-19)13-20(15-28)30-26(32)24-14-21-23(33-24)10-5-11-31-25(21)22(16-29-31)18-7-2-1-3-8-18/h1-4,6-9,12,14,16,20H,5,10-11,13,15,28H2,(H,30,32). The van der Waals surface area contributed by atoms with Crippen LogP contribution in [-0.4, -0.2) is 28.3 Å². The van der Waals surface area contributed by atoms with Crippen LogP contribution >= 0.6 is 11.3 Å². The van der Waals surface area contributed by atoms with Gasteiger partial charge in [0.25, 0.3) is 5.91 Å². The van der Waals surface area contributed by atoms with Gasteiger partial charge in [0.05, 0.1) is 16.8 Å². The van der Waals surface area contributed by atoms with Gasteiger partial charge in [-0.15, -0.1) is 11.3 Å². The summed E-state index contributed by atoms with van der Waals surface area (Å²) < 4.78 is 15.6. The van der Waals surface area contributed by atoms with Crippen LogP contribution in [0.5, 0.6) is 0 Å². The number of aromatic nitrogens is 2. The second kappa shape index (κ2) is 9.29. The number of hydrogen-bond acceptors (Lipinski definition) is 4. The quantitative estimate of drug-likeness (QED) is 0.439. The minimum absolute atomic E-state index is 0.146. The molecular formula is C26H25FN4OS. The molecule has 168 valence electrons. The van der Waals surface area contributed by atoms with Crippen LogP contribution < -0.4 is 11.1 Å². The van der Waals surface area contributed by atoms with Gasteiger partial charge in [0, 0.05) is 35.1 Å². The Labute approximate surface area is 196 Å². The molecule has 3 heterocycles. The van der Waals surface area contributed by atoms with E-state index in [1.54, 1.807) is 6.07 Å². The molecule has 1 amide bonds. The first-order valence-electron chi connectivity index (χ1n) is 11.1. The normalized spacial score (nSPS) is 13.6. The summed E-state index contributed by atoms with van der Waals surface area (Å²) in [7, 11) is 0. The van der Waals surface area contributed by atoms with Crippen molar-refractivity contribution < 1.29 is 9.18 Å². The first-order valence-corrected chi connectivity index (χ1v) is 11.9. The number of carbonyl (C=O) groups excluding carboxylic acids is 1. The molecule has 0 saturated carbocycles. The SMILES string of the molecule is NCC(Cc1cccc(F)c1)NC(=O)c1cc2c(s1)CCCn1ncc(-c3ccccc3)c1-2. The van der Waals surface area contributed by atoms with E-state index in [4.69, 9.17) is 5.73 Å². The fourth-order valence-corrected chi connectivity index (χ4v) is 5.49. The zero-order valence-electron chi connectivity index (χ0n) is 18.1. The van der Waals surface area contributed by atoms with Gasteiger partial charge in [0.2, 0.25) is 0 Å². The van der Waals surface area contributed by atoms with Crippen molar-refractivity contribution in [3.05, 3.63) is 88.0 Å². The second-order valence-electron chi connectivity index (χ2n) is 8.29. The summed E-state index contributed by atoms with van der Waals surface area (Å²) in [6.07, 6.45) is 4.29. The number of thiophene rings is 1. The van der Waals surface area contributed by atoms with Crippen molar-refractivity contribution in [1.82, 2.24) is 15.1 Å². The average Bonchev–Trinajstić information content (AvgIpc) is 3.40. The fraction of sp³-hybridized carbons (Fsp3) is 0.231. The Morgan fingerprint density at radius 2 is 2.00 bits per heavy atom. The summed E-state index contributed by atoms with van der Waals surface area (Å²) in [5, 5.41) is 7.68. The number of aryl methyl sites for hydroxylation is 2. The van der Waals surface area contributed by atoms with Crippen LogP contribution in [0.2, 0.25) is 0 Å². The Morgan fingerprint density at radius 3 is 2.79 bits per heavy atom. The van der Waals surface area contributed by atoms with Gasteiger partial charge in [0.1, 0.15) is 5.82 Å². The molecule has 1 aliphatic rings. The van der Waals surface area contributed by atoms with E-state index in [2.05, 4.69) is 27.2 Å². The van der Waals surface area contributed by atoms with Crippen molar-refractivity contribution >= 4 is 17.2 Å². The number of amides is 1. The minimum atomic E-state index is -0.289. The molecule has 0 bridgehead atoms. The van der Waals surface area contributed by atoms with Crippen molar-refractivity contribution in [2.24, 2.45) is 5.73 Å². The smallest absolute Gasteiger partial charge is 0.261 e. The summed E-state index contributed by atoms with van der Waals surface area (Å²) >= 11 is 1.53. The fourth-order valence-electron chi connectivity index (χ4n) is 4.38. The summed E-state index contributed by atoms with van der Waals surface area (Å²) in [5.74, 6) is -0.435. The summed E-state index contributed by atoms with van der Waals surface area (Å²) in [4.78, 5) is 15.0. The maximum absolute atomic E-state index is 13.5. The van der Waals surface area contributed by atoms with Crippen LogP contribution in [0, 0.1) is 5.82 Å². The van der Waals surface area contributed by atoms with E-state index in [-0.39, 0.29) is 24.3 Å². The third-order valence-corrected chi connectivity index (χ3v) is 7.17. The summed E-state index contributed by atoms with van der Waals surface area (Å²) in [6.45, 7) is 1.13. The summed E-state index contributed by atoms with van der Waals surface area (Å²) in [5.41, 5.74) is 11.1. The van der Waals surface area contributed by atoms with E-state index >= 15 is 0 Å². The molecule has 2 aromatic carbocycles. The molecule has 1 aliphatic heterocycles. The number of nitrogens with zero attached hydrogens (tertiary/aromatic N) is 2.